The van der Waals surface area contributed by atoms with Crippen LogP contribution in [0.3, 0.4) is 0 Å². The van der Waals surface area contributed by atoms with Crippen molar-refractivity contribution in [1.82, 2.24) is 0 Å². The van der Waals surface area contributed by atoms with Crippen molar-refractivity contribution in [2.45, 2.75) is 6.92 Å². The summed E-state index contributed by atoms with van der Waals surface area (Å²) in [6.45, 7) is 1.99. The first-order valence-electron chi connectivity index (χ1n) is 10.0. The highest BCUT2D eigenvalue weighted by atomic mass is 32.1. The Labute approximate surface area is 194 Å². The molecule has 3 N–H and O–H groups in total. The molecule has 8 heteroatoms. The molecular formula is C25H19NO6S. The molecule has 0 spiro atoms. The number of benzene rings is 4. The van der Waals surface area contributed by atoms with E-state index in [1.807, 2.05) is 0 Å². The summed E-state index contributed by atoms with van der Waals surface area (Å²) in [4.78, 5) is 25.7. The molecule has 0 bridgehead atoms. The SMILES string of the molecule is CCOC(=S)N(c1ccc(O)c2ccccc12)c1c(C(=O)O)cc(C(=O)O)c2ccccc12. The van der Waals surface area contributed by atoms with E-state index < -0.39 is 11.9 Å². The minimum Gasteiger partial charge on any atom is -0.507 e. The van der Waals surface area contributed by atoms with Gasteiger partial charge < -0.3 is 20.1 Å². The minimum atomic E-state index is -1.31. The monoisotopic (exact) mass is 461 g/mol. The molecule has 0 amide bonds. The quantitative estimate of drug-likeness (QED) is 0.332. The fourth-order valence-electron chi connectivity index (χ4n) is 3.90. The average molecular weight is 461 g/mol. The Bertz CT molecular complexity index is 1430. The summed E-state index contributed by atoms with van der Waals surface area (Å²) in [5.41, 5.74) is 0.282. The van der Waals surface area contributed by atoms with Crippen LogP contribution in [0.1, 0.15) is 27.6 Å². The Balaban J connectivity index is 2.16. The number of thiocarbonyl (C=S) groups is 1. The molecule has 0 aromatic heterocycles. The maximum Gasteiger partial charge on any atom is 0.337 e. The van der Waals surface area contributed by atoms with Crippen LogP contribution < -0.4 is 4.90 Å². The van der Waals surface area contributed by atoms with Crippen LogP contribution >= 0.6 is 12.2 Å². The number of anilines is 2. The van der Waals surface area contributed by atoms with E-state index in [-0.39, 0.29) is 34.3 Å². The van der Waals surface area contributed by atoms with E-state index in [0.717, 1.165) is 6.07 Å². The average Bonchev–Trinajstić information content (AvgIpc) is 2.80. The number of fused-ring (bicyclic) bond motifs is 2. The molecule has 0 fully saturated rings. The zero-order valence-corrected chi connectivity index (χ0v) is 18.3. The van der Waals surface area contributed by atoms with Crippen LogP contribution in [0.5, 0.6) is 5.75 Å². The number of rotatable bonds is 5. The van der Waals surface area contributed by atoms with Gasteiger partial charge in [-0.15, -0.1) is 0 Å². The predicted octanol–water partition coefficient (Wildman–Crippen LogP) is 5.55. The number of ether oxygens (including phenoxy) is 1. The number of carbonyl (C=O) groups is 2. The third kappa shape index (κ3) is 3.81. The van der Waals surface area contributed by atoms with E-state index in [9.17, 15) is 24.9 Å². The Morgan fingerprint density at radius 3 is 2.03 bits per heavy atom. The number of carboxylic acid groups (broad SMARTS) is 2. The number of aromatic hydroxyl groups is 1. The van der Waals surface area contributed by atoms with Gasteiger partial charge in [-0.05, 0) is 42.7 Å². The molecule has 0 atom stereocenters. The van der Waals surface area contributed by atoms with Crippen molar-refractivity contribution in [2.75, 3.05) is 11.5 Å². The van der Waals surface area contributed by atoms with Crippen molar-refractivity contribution in [3.63, 3.8) is 0 Å². The molecule has 0 radical (unpaired) electrons. The van der Waals surface area contributed by atoms with E-state index in [1.165, 1.54) is 11.0 Å². The lowest BCUT2D eigenvalue weighted by Gasteiger charge is -2.29. The molecule has 0 aliphatic rings. The summed E-state index contributed by atoms with van der Waals surface area (Å²) in [5, 5.41) is 32.0. The van der Waals surface area contributed by atoms with Crippen LogP contribution in [-0.4, -0.2) is 39.0 Å². The summed E-state index contributed by atoms with van der Waals surface area (Å²) in [6.07, 6.45) is 0. The molecule has 0 unspecified atom stereocenters. The Hall–Kier alpha value is -4.17. The summed E-state index contributed by atoms with van der Waals surface area (Å²) in [6, 6.07) is 18.0. The van der Waals surface area contributed by atoms with Crippen LogP contribution in [0.25, 0.3) is 21.5 Å². The Kier molecular flexibility index (Phi) is 5.85. The normalized spacial score (nSPS) is 10.8. The zero-order valence-electron chi connectivity index (χ0n) is 17.5. The maximum atomic E-state index is 12.3. The summed E-state index contributed by atoms with van der Waals surface area (Å²) in [5.74, 6) is -2.50. The van der Waals surface area contributed by atoms with Crippen LogP contribution in [0.15, 0.2) is 66.7 Å². The van der Waals surface area contributed by atoms with Gasteiger partial charge >= 0.3 is 11.9 Å². The lowest BCUT2D eigenvalue weighted by Crippen LogP contribution is -2.29. The third-order valence-corrected chi connectivity index (χ3v) is 5.57. The van der Waals surface area contributed by atoms with E-state index in [2.05, 4.69) is 0 Å². The highest BCUT2D eigenvalue weighted by Crippen LogP contribution is 2.42. The van der Waals surface area contributed by atoms with Crippen molar-refractivity contribution in [3.8, 4) is 5.75 Å². The van der Waals surface area contributed by atoms with Gasteiger partial charge in [-0.2, -0.15) is 0 Å². The topological polar surface area (TPSA) is 107 Å². The van der Waals surface area contributed by atoms with Gasteiger partial charge in [-0.25, -0.2) is 9.59 Å². The highest BCUT2D eigenvalue weighted by molar-refractivity contribution is 7.80. The van der Waals surface area contributed by atoms with Crippen LogP contribution in [-0.2, 0) is 4.74 Å². The molecule has 0 saturated carbocycles. The molecule has 33 heavy (non-hydrogen) atoms. The smallest absolute Gasteiger partial charge is 0.337 e. The van der Waals surface area contributed by atoms with Gasteiger partial charge in [0, 0.05) is 16.2 Å². The van der Waals surface area contributed by atoms with E-state index >= 15 is 0 Å². The second-order valence-electron chi connectivity index (χ2n) is 7.16. The van der Waals surface area contributed by atoms with Crippen LogP contribution in [0.4, 0.5) is 11.4 Å². The minimum absolute atomic E-state index is 0.0101. The fraction of sp³-hybridized carbons (Fsp3) is 0.0800. The largest absolute Gasteiger partial charge is 0.507 e. The number of hydrogen-bond donors (Lipinski definition) is 3. The zero-order chi connectivity index (χ0) is 23.7. The summed E-state index contributed by atoms with van der Waals surface area (Å²) in [7, 11) is 0. The van der Waals surface area contributed by atoms with Gasteiger partial charge in [-0.1, -0.05) is 48.5 Å². The molecular weight excluding hydrogens is 442 g/mol. The molecule has 0 saturated heterocycles. The summed E-state index contributed by atoms with van der Waals surface area (Å²) < 4.78 is 5.64. The van der Waals surface area contributed by atoms with Crippen LogP contribution in [0, 0.1) is 0 Å². The lowest BCUT2D eigenvalue weighted by molar-refractivity contribution is 0.0696. The van der Waals surface area contributed by atoms with Crippen molar-refractivity contribution in [2.24, 2.45) is 0 Å². The number of aromatic carboxylic acids is 2. The van der Waals surface area contributed by atoms with Gasteiger partial charge in [0.15, 0.2) is 0 Å². The molecule has 0 aliphatic carbocycles. The van der Waals surface area contributed by atoms with Gasteiger partial charge in [-0.3, -0.25) is 4.90 Å². The van der Waals surface area contributed by atoms with E-state index in [4.69, 9.17) is 17.0 Å². The van der Waals surface area contributed by atoms with Crippen molar-refractivity contribution in [3.05, 3.63) is 77.9 Å². The number of phenolic OH excluding ortho intramolecular Hbond substituents is 1. The standard InChI is InChI=1S/C25H19NO6S/c1-2-32-25(33)26(20-11-12-21(27)16-9-5-4-8-15(16)20)22-17-10-6-3-7-14(17)18(23(28)29)13-19(22)24(30)31/h3-13,27H,2H2,1H3,(H,28,29)(H,30,31). The van der Waals surface area contributed by atoms with E-state index in [0.29, 0.717) is 27.2 Å². The highest BCUT2D eigenvalue weighted by Gasteiger charge is 2.28. The predicted molar refractivity (Wildman–Crippen MR) is 130 cm³/mol. The van der Waals surface area contributed by atoms with Gasteiger partial charge in [0.1, 0.15) is 5.75 Å². The molecule has 4 aromatic rings. The molecule has 7 nitrogen and oxygen atoms in total. The molecule has 4 aromatic carbocycles. The molecule has 0 heterocycles. The number of phenols is 1. The first-order chi connectivity index (χ1) is 15.8. The number of nitrogens with zero attached hydrogens (tertiary/aromatic N) is 1. The van der Waals surface area contributed by atoms with Crippen molar-refractivity contribution >= 4 is 62.3 Å². The van der Waals surface area contributed by atoms with Gasteiger partial charge in [0.25, 0.3) is 5.17 Å². The Morgan fingerprint density at radius 2 is 1.42 bits per heavy atom. The number of hydrogen-bond acceptors (Lipinski definition) is 5. The molecule has 4 rings (SSSR count). The van der Waals surface area contributed by atoms with E-state index in [1.54, 1.807) is 61.5 Å². The van der Waals surface area contributed by atoms with Gasteiger partial charge in [0.2, 0.25) is 0 Å². The third-order valence-electron chi connectivity index (χ3n) is 5.27. The summed E-state index contributed by atoms with van der Waals surface area (Å²) >= 11 is 5.56. The second-order valence-corrected chi connectivity index (χ2v) is 7.51. The molecule has 166 valence electrons. The molecule has 0 aliphatic heterocycles. The van der Waals surface area contributed by atoms with Crippen molar-refractivity contribution in [1.29, 1.82) is 0 Å². The second kappa shape index (κ2) is 8.76. The van der Waals surface area contributed by atoms with Crippen molar-refractivity contribution < 1.29 is 29.6 Å². The number of carboxylic acids is 2. The fourth-order valence-corrected chi connectivity index (χ4v) is 4.21. The maximum absolute atomic E-state index is 12.3. The first-order valence-corrected chi connectivity index (χ1v) is 10.5. The van der Waals surface area contributed by atoms with Gasteiger partial charge in [0.05, 0.1) is 29.1 Å². The van der Waals surface area contributed by atoms with Crippen LogP contribution in [0.2, 0.25) is 0 Å². The Morgan fingerprint density at radius 1 is 0.848 bits per heavy atom. The first kappa shape index (κ1) is 22.0. The lowest BCUT2D eigenvalue weighted by atomic mass is 9.96.